The summed E-state index contributed by atoms with van der Waals surface area (Å²) in [6, 6.07) is 3.20. The first-order valence-corrected chi connectivity index (χ1v) is 7.57. The summed E-state index contributed by atoms with van der Waals surface area (Å²) in [6.07, 6.45) is 0. The molecule has 122 valence electrons. The Kier molecular flexibility index (Phi) is 7.38. The molecule has 0 aliphatic heterocycles. The smallest absolute Gasteiger partial charge is 0.313 e. The minimum atomic E-state index is -0.877. The number of carbonyl (C=O) groups excluding carboxylic acids is 1. The van der Waals surface area contributed by atoms with Gasteiger partial charge in [0, 0.05) is 12.3 Å². The number of hydrogen-bond acceptors (Lipinski definition) is 6. The number of rotatable bonds is 9. The summed E-state index contributed by atoms with van der Waals surface area (Å²) in [4.78, 5) is 22.6. The molecule has 1 amide bonds. The molecule has 0 aliphatic carbocycles. The molecule has 1 aromatic carbocycles. The number of carboxylic acid groups (broad SMARTS) is 1. The molecule has 22 heavy (non-hydrogen) atoms. The van der Waals surface area contributed by atoms with Crippen molar-refractivity contribution >= 4 is 23.6 Å². The van der Waals surface area contributed by atoms with Crippen molar-refractivity contribution in [1.82, 2.24) is 5.32 Å². The Morgan fingerprint density at radius 2 is 1.82 bits per heavy atom. The van der Waals surface area contributed by atoms with E-state index in [2.05, 4.69) is 5.32 Å². The Labute approximate surface area is 132 Å². The van der Waals surface area contributed by atoms with Gasteiger partial charge in [-0.2, -0.15) is 0 Å². The Balaban J connectivity index is 2.74. The van der Waals surface area contributed by atoms with Crippen LogP contribution in [-0.2, 0) is 4.79 Å². The zero-order valence-electron chi connectivity index (χ0n) is 12.7. The standard InChI is InChI=1S/C14H19NO6S/c1-19-10-5-4-9(12(20-2)13(10)21-3)14(18)15-6-7-22-8-11(16)17/h4-5H,6-8H2,1-3H3,(H,15,18)(H,16,17). The summed E-state index contributed by atoms with van der Waals surface area (Å²) in [5, 5.41) is 11.2. The van der Waals surface area contributed by atoms with E-state index < -0.39 is 5.97 Å². The van der Waals surface area contributed by atoms with Gasteiger partial charge in [0.1, 0.15) is 0 Å². The number of aliphatic carboxylic acids is 1. The summed E-state index contributed by atoms with van der Waals surface area (Å²) in [5.74, 6) is 0.415. The number of hydrogen-bond donors (Lipinski definition) is 2. The van der Waals surface area contributed by atoms with Crippen LogP contribution in [0.5, 0.6) is 17.2 Å². The highest BCUT2D eigenvalue weighted by atomic mass is 32.2. The van der Waals surface area contributed by atoms with Crippen molar-refractivity contribution in [3.63, 3.8) is 0 Å². The largest absolute Gasteiger partial charge is 0.493 e. The molecule has 0 saturated heterocycles. The van der Waals surface area contributed by atoms with Gasteiger partial charge in [0.2, 0.25) is 5.75 Å². The number of amides is 1. The van der Waals surface area contributed by atoms with Gasteiger partial charge in [0.05, 0.1) is 32.6 Å². The molecule has 0 spiro atoms. The Morgan fingerprint density at radius 1 is 1.14 bits per heavy atom. The number of carbonyl (C=O) groups is 2. The monoisotopic (exact) mass is 329 g/mol. The number of thioether (sulfide) groups is 1. The SMILES string of the molecule is COc1ccc(C(=O)NCCSCC(=O)O)c(OC)c1OC. The molecular formula is C14H19NO6S. The van der Waals surface area contributed by atoms with Crippen LogP contribution in [0.3, 0.4) is 0 Å². The minimum Gasteiger partial charge on any atom is -0.493 e. The van der Waals surface area contributed by atoms with Gasteiger partial charge in [0.15, 0.2) is 11.5 Å². The van der Waals surface area contributed by atoms with Crippen molar-refractivity contribution in [2.24, 2.45) is 0 Å². The van der Waals surface area contributed by atoms with E-state index in [1.165, 1.54) is 33.1 Å². The maximum Gasteiger partial charge on any atom is 0.313 e. The maximum atomic E-state index is 12.2. The van der Waals surface area contributed by atoms with E-state index in [1.807, 2.05) is 0 Å². The van der Waals surface area contributed by atoms with Gasteiger partial charge in [-0.1, -0.05) is 0 Å². The highest BCUT2D eigenvalue weighted by molar-refractivity contribution is 7.99. The summed E-state index contributed by atoms with van der Waals surface area (Å²) in [6.45, 7) is 0.355. The Morgan fingerprint density at radius 3 is 2.36 bits per heavy atom. The number of methoxy groups -OCH3 is 3. The first kappa shape index (κ1) is 18.0. The topological polar surface area (TPSA) is 94.1 Å². The predicted octanol–water partition coefficient (Wildman–Crippen LogP) is 1.26. The van der Waals surface area contributed by atoms with Crippen molar-refractivity contribution in [1.29, 1.82) is 0 Å². The molecule has 0 atom stereocenters. The summed E-state index contributed by atoms with van der Waals surface area (Å²) >= 11 is 1.23. The van der Waals surface area contributed by atoms with Crippen molar-refractivity contribution in [2.45, 2.75) is 0 Å². The van der Waals surface area contributed by atoms with Gasteiger partial charge in [0.25, 0.3) is 5.91 Å². The number of carboxylic acids is 1. The zero-order chi connectivity index (χ0) is 16.5. The van der Waals surface area contributed by atoms with Crippen molar-refractivity contribution < 1.29 is 28.9 Å². The molecule has 7 nitrogen and oxygen atoms in total. The second kappa shape index (κ2) is 9.04. The maximum absolute atomic E-state index is 12.2. The predicted molar refractivity (Wildman–Crippen MR) is 83.4 cm³/mol. The average Bonchev–Trinajstić information content (AvgIpc) is 2.52. The molecular weight excluding hydrogens is 310 g/mol. The normalized spacial score (nSPS) is 9.95. The van der Waals surface area contributed by atoms with Gasteiger partial charge >= 0.3 is 5.97 Å². The van der Waals surface area contributed by atoms with Gasteiger partial charge in [-0.3, -0.25) is 9.59 Å². The van der Waals surface area contributed by atoms with E-state index >= 15 is 0 Å². The van der Waals surface area contributed by atoms with Crippen LogP contribution in [0.2, 0.25) is 0 Å². The van der Waals surface area contributed by atoms with E-state index in [0.717, 1.165) is 0 Å². The van der Waals surface area contributed by atoms with Crippen molar-refractivity contribution in [3.05, 3.63) is 17.7 Å². The fourth-order valence-corrected chi connectivity index (χ4v) is 2.34. The second-order valence-corrected chi connectivity index (χ2v) is 5.19. The summed E-state index contributed by atoms with van der Waals surface area (Å²) in [5.41, 5.74) is 0.323. The molecule has 0 saturated carbocycles. The van der Waals surface area contributed by atoms with Crippen LogP contribution < -0.4 is 19.5 Å². The second-order valence-electron chi connectivity index (χ2n) is 4.08. The first-order chi connectivity index (χ1) is 10.5. The van der Waals surface area contributed by atoms with Crippen LogP contribution in [0, 0.1) is 0 Å². The van der Waals surface area contributed by atoms with E-state index in [4.69, 9.17) is 19.3 Å². The number of nitrogens with one attached hydrogen (secondary N) is 1. The molecule has 0 unspecified atom stereocenters. The lowest BCUT2D eigenvalue weighted by atomic mass is 10.1. The van der Waals surface area contributed by atoms with Crippen molar-refractivity contribution in [3.8, 4) is 17.2 Å². The van der Waals surface area contributed by atoms with E-state index in [9.17, 15) is 9.59 Å². The quantitative estimate of drug-likeness (QED) is 0.659. The minimum absolute atomic E-state index is 0.00947. The van der Waals surface area contributed by atoms with Gasteiger partial charge < -0.3 is 24.6 Å². The summed E-state index contributed by atoms with van der Waals surface area (Å²) < 4.78 is 15.6. The Bertz CT molecular complexity index is 534. The van der Waals surface area contributed by atoms with E-state index in [0.29, 0.717) is 29.4 Å². The molecule has 0 fully saturated rings. The lowest BCUT2D eigenvalue weighted by Gasteiger charge is -2.15. The molecule has 0 heterocycles. The third-order valence-electron chi connectivity index (χ3n) is 2.71. The third kappa shape index (κ3) is 4.73. The van der Waals surface area contributed by atoms with E-state index in [-0.39, 0.29) is 17.4 Å². The lowest BCUT2D eigenvalue weighted by Crippen LogP contribution is -2.26. The number of benzene rings is 1. The van der Waals surface area contributed by atoms with E-state index in [1.54, 1.807) is 12.1 Å². The molecule has 0 radical (unpaired) electrons. The highest BCUT2D eigenvalue weighted by Crippen LogP contribution is 2.39. The molecule has 2 N–H and O–H groups in total. The van der Waals surface area contributed by atoms with Crippen LogP contribution in [0.15, 0.2) is 12.1 Å². The molecule has 0 bridgehead atoms. The molecule has 0 aromatic heterocycles. The van der Waals surface area contributed by atoms with Crippen LogP contribution in [-0.4, -0.2) is 56.4 Å². The fourth-order valence-electron chi connectivity index (χ4n) is 1.77. The van der Waals surface area contributed by atoms with Crippen LogP contribution in [0.1, 0.15) is 10.4 Å². The fraction of sp³-hybridized carbons (Fsp3) is 0.429. The highest BCUT2D eigenvalue weighted by Gasteiger charge is 2.20. The number of ether oxygens (including phenoxy) is 3. The lowest BCUT2D eigenvalue weighted by molar-refractivity contribution is -0.133. The first-order valence-electron chi connectivity index (χ1n) is 6.41. The summed E-state index contributed by atoms with van der Waals surface area (Å²) in [7, 11) is 4.40. The van der Waals surface area contributed by atoms with Crippen LogP contribution in [0.4, 0.5) is 0 Å². The zero-order valence-corrected chi connectivity index (χ0v) is 13.5. The Hall–Kier alpha value is -2.09. The molecule has 8 heteroatoms. The van der Waals surface area contributed by atoms with Crippen LogP contribution >= 0.6 is 11.8 Å². The molecule has 0 aliphatic rings. The van der Waals surface area contributed by atoms with Crippen LogP contribution in [0.25, 0.3) is 0 Å². The van der Waals surface area contributed by atoms with Gasteiger partial charge in [-0.05, 0) is 12.1 Å². The third-order valence-corrected chi connectivity index (χ3v) is 3.65. The van der Waals surface area contributed by atoms with Gasteiger partial charge in [-0.15, -0.1) is 11.8 Å². The molecule has 1 rings (SSSR count). The van der Waals surface area contributed by atoms with Crippen molar-refractivity contribution in [2.75, 3.05) is 39.4 Å². The molecule has 1 aromatic rings. The van der Waals surface area contributed by atoms with Gasteiger partial charge in [-0.25, -0.2) is 0 Å². The average molecular weight is 329 g/mol.